The van der Waals surface area contributed by atoms with E-state index in [9.17, 15) is 4.79 Å². The zero-order valence-electron chi connectivity index (χ0n) is 13.6. The van der Waals surface area contributed by atoms with Crippen molar-refractivity contribution in [2.24, 2.45) is 11.8 Å². The Labute approximate surface area is 137 Å². The summed E-state index contributed by atoms with van der Waals surface area (Å²) in [4.78, 5) is 21.3. The van der Waals surface area contributed by atoms with Crippen molar-refractivity contribution in [1.82, 2.24) is 14.8 Å². The Morgan fingerprint density at radius 3 is 2.91 bits per heavy atom. The summed E-state index contributed by atoms with van der Waals surface area (Å²) in [5, 5.41) is 0. The van der Waals surface area contributed by atoms with Gasteiger partial charge in [0.2, 0.25) is 0 Å². The molecule has 124 valence electrons. The molecule has 3 saturated heterocycles. The summed E-state index contributed by atoms with van der Waals surface area (Å²) in [6.45, 7) is 6.02. The van der Waals surface area contributed by atoms with E-state index in [2.05, 4.69) is 9.88 Å². The van der Waals surface area contributed by atoms with Gasteiger partial charge in [0.1, 0.15) is 5.69 Å². The van der Waals surface area contributed by atoms with Crippen molar-refractivity contribution >= 4 is 5.91 Å². The fourth-order valence-electron chi connectivity index (χ4n) is 4.30. The number of hydrogen-bond donors (Lipinski definition) is 0. The number of nitrogens with zero attached hydrogens (tertiary/aromatic N) is 3. The summed E-state index contributed by atoms with van der Waals surface area (Å²) in [6, 6.07) is 5.55. The summed E-state index contributed by atoms with van der Waals surface area (Å²) in [7, 11) is 0. The van der Waals surface area contributed by atoms with E-state index in [0.717, 1.165) is 39.3 Å². The van der Waals surface area contributed by atoms with Gasteiger partial charge < -0.3 is 14.5 Å². The molecule has 5 nitrogen and oxygen atoms in total. The highest BCUT2D eigenvalue weighted by Gasteiger charge is 2.39. The third kappa shape index (κ3) is 3.26. The molecule has 0 spiro atoms. The van der Waals surface area contributed by atoms with Crippen LogP contribution in [0.15, 0.2) is 24.4 Å². The summed E-state index contributed by atoms with van der Waals surface area (Å²) >= 11 is 0. The molecule has 0 saturated carbocycles. The second-order valence-electron chi connectivity index (χ2n) is 7.13. The van der Waals surface area contributed by atoms with Crippen LogP contribution >= 0.6 is 0 Å². The molecule has 23 heavy (non-hydrogen) atoms. The zero-order chi connectivity index (χ0) is 15.6. The van der Waals surface area contributed by atoms with E-state index in [4.69, 9.17) is 4.74 Å². The Morgan fingerprint density at radius 2 is 2.13 bits per heavy atom. The molecule has 0 unspecified atom stereocenters. The Balaban J connectivity index is 1.35. The van der Waals surface area contributed by atoms with Gasteiger partial charge in [-0.1, -0.05) is 6.07 Å². The molecule has 3 atom stereocenters. The van der Waals surface area contributed by atoms with Crippen molar-refractivity contribution in [2.45, 2.75) is 25.4 Å². The number of likely N-dealkylation sites (tertiary alicyclic amines) is 2. The maximum absolute atomic E-state index is 12.6. The van der Waals surface area contributed by atoms with Crippen LogP contribution in [0.5, 0.6) is 0 Å². The van der Waals surface area contributed by atoms with Crippen LogP contribution in [0, 0.1) is 11.8 Å². The summed E-state index contributed by atoms with van der Waals surface area (Å²) < 4.78 is 5.77. The van der Waals surface area contributed by atoms with Crippen molar-refractivity contribution in [3.63, 3.8) is 0 Å². The molecule has 3 fully saturated rings. The molecule has 0 aromatic carbocycles. The number of rotatable bonds is 3. The third-order valence-corrected chi connectivity index (χ3v) is 5.54. The Bertz CT molecular complexity index is 544. The fourth-order valence-corrected chi connectivity index (χ4v) is 4.30. The standard InChI is InChI=1S/C18H25N3O2/c22-18(17-5-1-2-7-19-17)21-11-14-6-8-20(10-15(14)12-21)13-16-4-3-9-23-16/h1-2,5,7,14-16H,3-4,6,8-13H2/t14-,15+,16+/m0/s1. The smallest absolute Gasteiger partial charge is 0.272 e. The number of hydrogen-bond acceptors (Lipinski definition) is 4. The highest BCUT2D eigenvalue weighted by molar-refractivity contribution is 5.92. The number of carbonyl (C=O) groups excluding carboxylic acids is 1. The quantitative estimate of drug-likeness (QED) is 0.851. The Hall–Kier alpha value is -1.46. The van der Waals surface area contributed by atoms with Gasteiger partial charge in [0.05, 0.1) is 6.10 Å². The maximum Gasteiger partial charge on any atom is 0.272 e. The Kier molecular flexibility index (Phi) is 4.31. The van der Waals surface area contributed by atoms with Crippen molar-refractivity contribution in [3.05, 3.63) is 30.1 Å². The van der Waals surface area contributed by atoms with Crippen molar-refractivity contribution < 1.29 is 9.53 Å². The number of amides is 1. The lowest BCUT2D eigenvalue weighted by molar-refractivity contribution is 0.0506. The molecule has 1 aromatic heterocycles. The molecule has 0 bridgehead atoms. The first-order valence-corrected chi connectivity index (χ1v) is 8.84. The summed E-state index contributed by atoms with van der Waals surface area (Å²) in [5.74, 6) is 1.35. The number of fused-ring (bicyclic) bond motifs is 1. The zero-order valence-corrected chi connectivity index (χ0v) is 13.6. The molecule has 3 aliphatic heterocycles. The molecule has 4 rings (SSSR count). The monoisotopic (exact) mass is 315 g/mol. The van der Waals surface area contributed by atoms with Gasteiger partial charge in [0.25, 0.3) is 5.91 Å². The predicted molar refractivity (Wildman–Crippen MR) is 87.2 cm³/mol. The normalized spacial score (nSPS) is 31.3. The maximum atomic E-state index is 12.6. The average molecular weight is 315 g/mol. The SMILES string of the molecule is O=C(c1ccccn1)N1C[C@H]2CN(C[C@H]3CCCO3)CC[C@H]2C1. The topological polar surface area (TPSA) is 45.7 Å². The van der Waals surface area contributed by atoms with Crippen molar-refractivity contribution in [2.75, 3.05) is 39.3 Å². The average Bonchev–Trinajstić information content (AvgIpc) is 3.24. The minimum absolute atomic E-state index is 0.0886. The second kappa shape index (κ2) is 6.57. The molecule has 5 heteroatoms. The van der Waals surface area contributed by atoms with E-state index >= 15 is 0 Å². The van der Waals surface area contributed by atoms with Crippen LogP contribution in [0.1, 0.15) is 29.8 Å². The van der Waals surface area contributed by atoms with Crippen molar-refractivity contribution in [3.8, 4) is 0 Å². The Morgan fingerprint density at radius 1 is 1.22 bits per heavy atom. The van der Waals surface area contributed by atoms with Gasteiger partial charge in [-0.3, -0.25) is 9.78 Å². The van der Waals surface area contributed by atoms with Crippen LogP contribution in [0.25, 0.3) is 0 Å². The molecule has 0 N–H and O–H groups in total. The number of pyridine rings is 1. The largest absolute Gasteiger partial charge is 0.377 e. The molecule has 0 radical (unpaired) electrons. The van der Waals surface area contributed by atoms with E-state index in [1.165, 1.54) is 19.3 Å². The number of carbonyl (C=O) groups is 1. The number of piperidine rings is 1. The van der Waals surface area contributed by atoms with Crippen LogP contribution in [-0.2, 0) is 4.74 Å². The molecular formula is C18H25N3O2. The van der Waals surface area contributed by atoms with Crippen LogP contribution in [0.2, 0.25) is 0 Å². The van der Waals surface area contributed by atoms with Gasteiger partial charge in [0, 0.05) is 39.0 Å². The predicted octanol–water partition coefficient (Wildman–Crippen LogP) is 1.65. The van der Waals surface area contributed by atoms with Crippen LogP contribution < -0.4 is 0 Å². The molecular weight excluding hydrogens is 290 g/mol. The molecule has 4 heterocycles. The first-order valence-electron chi connectivity index (χ1n) is 8.84. The van der Waals surface area contributed by atoms with E-state index < -0.39 is 0 Å². The van der Waals surface area contributed by atoms with Gasteiger partial charge in [0.15, 0.2) is 0 Å². The fraction of sp³-hybridized carbons (Fsp3) is 0.667. The minimum atomic E-state index is 0.0886. The van der Waals surface area contributed by atoms with Crippen molar-refractivity contribution in [1.29, 1.82) is 0 Å². The van der Waals surface area contributed by atoms with Crippen LogP contribution in [0.3, 0.4) is 0 Å². The first-order chi connectivity index (χ1) is 11.3. The summed E-state index contributed by atoms with van der Waals surface area (Å²) in [6.07, 6.45) is 5.73. The lowest BCUT2D eigenvalue weighted by Gasteiger charge is -2.35. The molecule has 1 aromatic rings. The highest BCUT2D eigenvalue weighted by atomic mass is 16.5. The van der Waals surface area contributed by atoms with Gasteiger partial charge in [-0.2, -0.15) is 0 Å². The van der Waals surface area contributed by atoms with Gasteiger partial charge >= 0.3 is 0 Å². The van der Waals surface area contributed by atoms with E-state index in [0.29, 0.717) is 23.6 Å². The lowest BCUT2D eigenvalue weighted by Crippen LogP contribution is -2.43. The summed E-state index contributed by atoms with van der Waals surface area (Å²) in [5.41, 5.74) is 0.572. The van der Waals surface area contributed by atoms with Gasteiger partial charge in [-0.25, -0.2) is 0 Å². The molecule has 0 aliphatic carbocycles. The lowest BCUT2D eigenvalue weighted by atomic mass is 9.88. The third-order valence-electron chi connectivity index (χ3n) is 5.54. The van der Waals surface area contributed by atoms with Gasteiger partial charge in [-0.15, -0.1) is 0 Å². The first kappa shape index (κ1) is 15.1. The number of aromatic nitrogens is 1. The minimum Gasteiger partial charge on any atom is -0.377 e. The van der Waals surface area contributed by atoms with E-state index in [1.807, 2.05) is 23.1 Å². The van der Waals surface area contributed by atoms with E-state index in [1.54, 1.807) is 6.20 Å². The highest BCUT2D eigenvalue weighted by Crippen LogP contribution is 2.32. The number of ether oxygens (including phenoxy) is 1. The molecule has 1 amide bonds. The van der Waals surface area contributed by atoms with Gasteiger partial charge in [-0.05, 0) is 49.8 Å². The van der Waals surface area contributed by atoms with Crippen LogP contribution in [0.4, 0.5) is 0 Å². The molecule has 3 aliphatic rings. The van der Waals surface area contributed by atoms with E-state index in [-0.39, 0.29) is 5.91 Å². The van der Waals surface area contributed by atoms with Crippen LogP contribution in [-0.4, -0.2) is 66.1 Å². The second-order valence-corrected chi connectivity index (χ2v) is 7.13.